The summed E-state index contributed by atoms with van der Waals surface area (Å²) in [4.78, 5) is 25.1. The highest BCUT2D eigenvalue weighted by molar-refractivity contribution is 5.98. The van der Waals surface area contributed by atoms with Crippen LogP contribution < -0.4 is 15.2 Å². The fourth-order valence-electron chi connectivity index (χ4n) is 2.33. The molecule has 1 aliphatic rings. The smallest absolute Gasteiger partial charge is 0.325 e. The SMILES string of the molecule is COc1ccc(C(=O)N2CCC(N)(C(=O)O)C2)c(OC)c1. The molecule has 114 valence electrons. The number of rotatable bonds is 4. The molecule has 0 aromatic heterocycles. The third-order valence-electron chi connectivity index (χ3n) is 3.65. The van der Waals surface area contributed by atoms with Gasteiger partial charge >= 0.3 is 5.97 Å². The van der Waals surface area contributed by atoms with E-state index in [0.717, 1.165) is 0 Å². The zero-order chi connectivity index (χ0) is 15.6. The first-order valence-electron chi connectivity index (χ1n) is 6.45. The van der Waals surface area contributed by atoms with Gasteiger partial charge in [-0.15, -0.1) is 0 Å². The zero-order valence-electron chi connectivity index (χ0n) is 12.0. The summed E-state index contributed by atoms with van der Waals surface area (Å²) in [6, 6.07) is 4.85. The number of likely N-dealkylation sites (tertiary alicyclic amines) is 1. The molecule has 7 heteroatoms. The van der Waals surface area contributed by atoms with Gasteiger partial charge in [-0.2, -0.15) is 0 Å². The van der Waals surface area contributed by atoms with E-state index in [1.165, 1.54) is 19.1 Å². The Hall–Kier alpha value is -2.28. The summed E-state index contributed by atoms with van der Waals surface area (Å²) >= 11 is 0. The molecular formula is C14H18N2O5. The number of amides is 1. The Balaban J connectivity index is 2.24. The van der Waals surface area contributed by atoms with E-state index in [4.69, 9.17) is 20.3 Å². The topological polar surface area (TPSA) is 102 Å². The van der Waals surface area contributed by atoms with Crippen molar-refractivity contribution in [2.45, 2.75) is 12.0 Å². The lowest BCUT2D eigenvalue weighted by Gasteiger charge is -2.21. The predicted octanol–water partition coefficient (Wildman–Crippen LogP) is 0.332. The molecule has 1 heterocycles. The van der Waals surface area contributed by atoms with E-state index in [2.05, 4.69) is 0 Å². The second-order valence-electron chi connectivity index (χ2n) is 5.00. The summed E-state index contributed by atoms with van der Waals surface area (Å²) in [6.45, 7) is 0.285. The average molecular weight is 294 g/mol. The largest absolute Gasteiger partial charge is 0.497 e. The van der Waals surface area contributed by atoms with Gasteiger partial charge in [0.2, 0.25) is 0 Å². The highest BCUT2D eigenvalue weighted by atomic mass is 16.5. The van der Waals surface area contributed by atoms with Gasteiger partial charge in [0.1, 0.15) is 17.0 Å². The minimum atomic E-state index is -1.38. The van der Waals surface area contributed by atoms with Crippen LogP contribution in [0.2, 0.25) is 0 Å². The van der Waals surface area contributed by atoms with Crippen molar-refractivity contribution in [2.75, 3.05) is 27.3 Å². The zero-order valence-corrected chi connectivity index (χ0v) is 12.0. The maximum absolute atomic E-state index is 12.5. The fraction of sp³-hybridized carbons (Fsp3) is 0.429. The Labute approximate surface area is 122 Å². The quantitative estimate of drug-likeness (QED) is 0.829. The minimum Gasteiger partial charge on any atom is -0.497 e. The van der Waals surface area contributed by atoms with Crippen molar-refractivity contribution in [3.63, 3.8) is 0 Å². The molecule has 0 radical (unpaired) electrons. The van der Waals surface area contributed by atoms with Gasteiger partial charge in [-0.3, -0.25) is 9.59 Å². The van der Waals surface area contributed by atoms with E-state index in [9.17, 15) is 9.59 Å². The number of carbonyl (C=O) groups is 2. The van der Waals surface area contributed by atoms with E-state index in [1.54, 1.807) is 18.2 Å². The molecule has 1 atom stereocenters. The summed E-state index contributed by atoms with van der Waals surface area (Å²) in [5.41, 5.74) is 4.75. The monoisotopic (exact) mass is 294 g/mol. The van der Waals surface area contributed by atoms with Gasteiger partial charge in [-0.05, 0) is 18.6 Å². The maximum atomic E-state index is 12.5. The van der Waals surface area contributed by atoms with E-state index in [0.29, 0.717) is 23.6 Å². The molecule has 21 heavy (non-hydrogen) atoms. The minimum absolute atomic E-state index is 0.0175. The number of carboxylic acids is 1. The van der Waals surface area contributed by atoms with Gasteiger partial charge in [-0.1, -0.05) is 0 Å². The highest BCUT2D eigenvalue weighted by Crippen LogP contribution is 2.28. The van der Waals surface area contributed by atoms with Crippen molar-refractivity contribution in [1.82, 2.24) is 4.90 Å². The van der Waals surface area contributed by atoms with Crippen LogP contribution in [0.5, 0.6) is 11.5 Å². The molecule has 0 bridgehead atoms. The van der Waals surface area contributed by atoms with Crippen LogP contribution in [0.25, 0.3) is 0 Å². The van der Waals surface area contributed by atoms with Crippen molar-refractivity contribution in [1.29, 1.82) is 0 Å². The Morgan fingerprint density at radius 2 is 2.05 bits per heavy atom. The van der Waals surface area contributed by atoms with Gasteiger partial charge in [0, 0.05) is 19.2 Å². The van der Waals surface area contributed by atoms with Crippen LogP contribution in [0.15, 0.2) is 18.2 Å². The maximum Gasteiger partial charge on any atom is 0.325 e. The normalized spacial score (nSPS) is 21.2. The van der Waals surface area contributed by atoms with Gasteiger partial charge in [0.25, 0.3) is 5.91 Å². The lowest BCUT2D eigenvalue weighted by molar-refractivity contribution is -0.142. The molecule has 3 N–H and O–H groups in total. The summed E-state index contributed by atoms with van der Waals surface area (Å²) < 4.78 is 10.3. The molecule has 1 fully saturated rings. The van der Waals surface area contributed by atoms with E-state index in [1.807, 2.05) is 0 Å². The first kappa shape index (κ1) is 15.1. The van der Waals surface area contributed by atoms with Crippen molar-refractivity contribution >= 4 is 11.9 Å². The number of hydrogen-bond acceptors (Lipinski definition) is 5. The fourth-order valence-corrected chi connectivity index (χ4v) is 2.33. The number of methoxy groups -OCH3 is 2. The molecule has 1 unspecified atom stereocenters. The van der Waals surface area contributed by atoms with Crippen molar-refractivity contribution < 1.29 is 24.2 Å². The second kappa shape index (κ2) is 5.61. The lowest BCUT2D eigenvalue weighted by atomic mass is 10.0. The molecule has 0 aliphatic carbocycles. The Morgan fingerprint density at radius 1 is 1.33 bits per heavy atom. The number of nitrogens with zero attached hydrogens (tertiary/aromatic N) is 1. The highest BCUT2D eigenvalue weighted by Gasteiger charge is 2.43. The summed E-state index contributed by atoms with van der Waals surface area (Å²) in [6.07, 6.45) is 0.229. The van der Waals surface area contributed by atoms with E-state index >= 15 is 0 Å². The number of benzene rings is 1. The summed E-state index contributed by atoms with van der Waals surface area (Å²) in [5.74, 6) is -0.449. The Kier molecular flexibility index (Phi) is 4.04. The standard InChI is InChI=1S/C14H18N2O5/c1-20-9-3-4-10(11(7-9)21-2)12(17)16-6-5-14(15,8-16)13(18)19/h3-4,7H,5-6,8,15H2,1-2H3,(H,18,19). The summed E-state index contributed by atoms with van der Waals surface area (Å²) in [5, 5.41) is 9.11. The van der Waals surface area contributed by atoms with Crippen molar-refractivity contribution in [3.05, 3.63) is 23.8 Å². The van der Waals surface area contributed by atoms with E-state index < -0.39 is 11.5 Å². The lowest BCUT2D eigenvalue weighted by Crippen LogP contribution is -2.50. The molecule has 0 spiro atoms. The second-order valence-corrected chi connectivity index (χ2v) is 5.00. The van der Waals surface area contributed by atoms with Crippen molar-refractivity contribution in [2.24, 2.45) is 5.73 Å². The Bertz CT molecular complexity index is 574. The van der Waals surface area contributed by atoms with E-state index in [-0.39, 0.29) is 18.9 Å². The van der Waals surface area contributed by atoms with Crippen LogP contribution in [0, 0.1) is 0 Å². The molecule has 7 nitrogen and oxygen atoms in total. The van der Waals surface area contributed by atoms with Crippen molar-refractivity contribution in [3.8, 4) is 11.5 Å². The number of hydrogen-bond donors (Lipinski definition) is 2. The Morgan fingerprint density at radius 3 is 2.57 bits per heavy atom. The molecule has 1 saturated heterocycles. The van der Waals surface area contributed by atoms with Crippen LogP contribution in [0.1, 0.15) is 16.8 Å². The first-order valence-corrected chi connectivity index (χ1v) is 6.45. The number of carboxylic acid groups (broad SMARTS) is 1. The van der Waals surface area contributed by atoms with Crippen LogP contribution in [0.3, 0.4) is 0 Å². The third kappa shape index (κ3) is 2.78. The number of nitrogens with two attached hydrogens (primary N) is 1. The van der Waals surface area contributed by atoms with Crippen LogP contribution in [-0.2, 0) is 4.79 Å². The third-order valence-corrected chi connectivity index (χ3v) is 3.65. The number of ether oxygens (including phenoxy) is 2. The van der Waals surface area contributed by atoms with Gasteiger partial charge in [0.05, 0.1) is 19.8 Å². The van der Waals surface area contributed by atoms with Crippen LogP contribution in [-0.4, -0.2) is 54.7 Å². The molecular weight excluding hydrogens is 276 g/mol. The molecule has 1 aliphatic heterocycles. The average Bonchev–Trinajstić information content (AvgIpc) is 2.89. The number of aliphatic carboxylic acids is 1. The van der Waals surface area contributed by atoms with Gasteiger partial charge < -0.3 is 25.2 Å². The molecule has 1 amide bonds. The van der Waals surface area contributed by atoms with Gasteiger partial charge in [-0.25, -0.2) is 0 Å². The molecule has 2 rings (SSSR count). The first-order chi connectivity index (χ1) is 9.91. The van der Waals surface area contributed by atoms with Gasteiger partial charge in [0.15, 0.2) is 0 Å². The molecule has 1 aromatic carbocycles. The predicted molar refractivity (Wildman–Crippen MR) is 74.6 cm³/mol. The number of carbonyl (C=O) groups excluding carboxylic acids is 1. The van der Waals surface area contributed by atoms with Crippen LogP contribution >= 0.6 is 0 Å². The molecule has 1 aromatic rings. The molecule has 0 saturated carbocycles. The summed E-state index contributed by atoms with van der Waals surface area (Å²) in [7, 11) is 2.98. The van der Waals surface area contributed by atoms with Crippen LogP contribution in [0.4, 0.5) is 0 Å².